The monoisotopic (exact) mass is 401 g/mol. The first-order valence-corrected chi connectivity index (χ1v) is 10.1. The van der Waals surface area contributed by atoms with Gasteiger partial charge in [-0.2, -0.15) is 0 Å². The Kier molecular flexibility index (Phi) is 6.14. The van der Waals surface area contributed by atoms with E-state index in [4.69, 9.17) is 4.74 Å². The van der Waals surface area contributed by atoms with Crippen LogP contribution >= 0.6 is 11.3 Å². The minimum absolute atomic E-state index is 0.312. The molecule has 0 radical (unpaired) electrons. The molecule has 2 atom stereocenters. The largest absolute Gasteiger partial charge is 0.481 e. The lowest BCUT2D eigenvalue weighted by Crippen LogP contribution is -2.36. The molecule has 1 aromatic carbocycles. The Balaban J connectivity index is 1.97. The molecule has 0 bridgehead atoms. The molecule has 0 unspecified atom stereocenters. The summed E-state index contributed by atoms with van der Waals surface area (Å²) in [5, 5.41) is 12.7. The summed E-state index contributed by atoms with van der Waals surface area (Å²) in [6.07, 6.45) is 2.66. The van der Waals surface area contributed by atoms with Gasteiger partial charge >= 0.3 is 11.9 Å². The van der Waals surface area contributed by atoms with Gasteiger partial charge in [0.25, 0.3) is 0 Å². The molecule has 1 aliphatic carbocycles. The number of hydrogen-bond acceptors (Lipinski definition) is 5. The number of methoxy groups -OCH3 is 1. The third-order valence-electron chi connectivity index (χ3n) is 5.19. The molecule has 6 nitrogen and oxygen atoms in total. The molecule has 148 valence electrons. The number of esters is 1. The SMILES string of the molecule is COC(=O)c1c(NC(=O)[C@H]2CCCC[C@H]2C(=O)O)sc(C)c1-c1ccccc1. The van der Waals surface area contributed by atoms with Crippen LogP contribution in [0.2, 0.25) is 0 Å². The van der Waals surface area contributed by atoms with Crippen LogP contribution in [0.25, 0.3) is 11.1 Å². The van der Waals surface area contributed by atoms with E-state index in [0.717, 1.165) is 28.8 Å². The van der Waals surface area contributed by atoms with Crippen LogP contribution in [-0.4, -0.2) is 30.1 Å². The quantitative estimate of drug-likeness (QED) is 0.727. The third kappa shape index (κ3) is 3.94. The number of carbonyl (C=O) groups is 3. The number of carboxylic acid groups (broad SMARTS) is 1. The fraction of sp³-hybridized carbons (Fsp3) is 0.381. The summed E-state index contributed by atoms with van der Waals surface area (Å²) < 4.78 is 4.96. The number of benzene rings is 1. The van der Waals surface area contributed by atoms with Gasteiger partial charge in [-0.15, -0.1) is 11.3 Å². The van der Waals surface area contributed by atoms with Crippen molar-refractivity contribution in [2.45, 2.75) is 32.6 Å². The number of thiophene rings is 1. The van der Waals surface area contributed by atoms with Crippen LogP contribution in [0.4, 0.5) is 5.00 Å². The molecular weight excluding hydrogens is 378 g/mol. The Morgan fingerprint density at radius 2 is 1.75 bits per heavy atom. The lowest BCUT2D eigenvalue weighted by atomic mass is 9.78. The summed E-state index contributed by atoms with van der Waals surface area (Å²) in [4.78, 5) is 37.8. The van der Waals surface area contributed by atoms with Crippen molar-refractivity contribution < 1.29 is 24.2 Å². The lowest BCUT2D eigenvalue weighted by molar-refractivity contribution is -0.147. The number of aryl methyl sites for hydroxylation is 1. The van der Waals surface area contributed by atoms with Gasteiger partial charge in [0.15, 0.2) is 0 Å². The van der Waals surface area contributed by atoms with Crippen molar-refractivity contribution in [1.82, 2.24) is 0 Å². The van der Waals surface area contributed by atoms with Crippen LogP contribution in [0, 0.1) is 18.8 Å². The van der Waals surface area contributed by atoms with Crippen LogP contribution in [0.3, 0.4) is 0 Å². The number of amides is 1. The third-order valence-corrected chi connectivity index (χ3v) is 6.21. The van der Waals surface area contributed by atoms with Gasteiger partial charge in [-0.1, -0.05) is 43.2 Å². The Bertz CT molecular complexity index is 890. The topological polar surface area (TPSA) is 92.7 Å². The Morgan fingerprint density at radius 1 is 1.11 bits per heavy atom. The second kappa shape index (κ2) is 8.56. The number of carboxylic acids is 1. The predicted octanol–water partition coefficient (Wildman–Crippen LogP) is 4.34. The number of ether oxygens (including phenoxy) is 1. The number of carbonyl (C=O) groups excluding carboxylic acids is 2. The molecule has 1 fully saturated rings. The predicted molar refractivity (Wildman–Crippen MR) is 108 cm³/mol. The van der Waals surface area contributed by atoms with Crippen molar-refractivity contribution in [3.8, 4) is 11.1 Å². The van der Waals surface area contributed by atoms with Crippen molar-refractivity contribution in [3.05, 3.63) is 40.8 Å². The highest BCUT2D eigenvalue weighted by Gasteiger charge is 2.36. The Labute approximate surface area is 167 Å². The molecule has 0 spiro atoms. The molecule has 7 heteroatoms. The highest BCUT2D eigenvalue weighted by atomic mass is 32.1. The van der Waals surface area contributed by atoms with Crippen LogP contribution in [0.1, 0.15) is 40.9 Å². The van der Waals surface area contributed by atoms with E-state index in [-0.39, 0.29) is 5.91 Å². The zero-order chi connectivity index (χ0) is 20.3. The second-order valence-electron chi connectivity index (χ2n) is 6.92. The number of rotatable bonds is 5. The highest BCUT2D eigenvalue weighted by Crippen LogP contribution is 2.41. The van der Waals surface area contributed by atoms with Gasteiger partial charge < -0.3 is 15.2 Å². The summed E-state index contributed by atoms with van der Waals surface area (Å²) in [7, 11) is 1.30. The van der Waals surface area contributed by atoms with Gasteiger partial charge in [-0.05, 0) is 25.3 Å². The van der Waals surface area contributed by atoms with Crippen molar-refractivity contribution >= 4 is 34.2 Å². The zero-order valence-electron chi connectivity index (χ0n) is 15.9. The smallest absolute Gasteiger partial charge is 0.341 e. The molecule has 2 N–H and O–H groups in total. The van der Waals surface area contributed by atoms with Crippen molar-refractivity contribution in [2.24, 2.45) is 11.8 Å². The zero-order valence-corrected chi connectivity index (χ0v) is 16.7. The molecule has 1 heterocycles. The van der Waals surface area contributed by atoms with E-state index >= 15 is 0 Å². The van der Waals surface area contributed by atoms with E-state index in [1.165, 1.54) is 18.4 Å². The Morgan fingerprint density at radius 3 is 2.36 bits per heavy atom. The molecule has 1 saturated carbocycles. The van der Waals surface area contributed by atoms with Crippen LogP contribution in [-0.2, 0) is 14.3 Å². The molecular formula is C21H23NO5S. The number of nitrogens with one attached hydrogen (secondary N) is 1. The van der Waals surface area contributed by atoms with E-state index < -0.39 is 23.8 Å². The van der Waals surface area contributed by atoms with Crippen LogP contribution in [0.5, 0.6) is 0 Å². The number of aliphatic carboxylic acids is 1. The fourth-order valence-corrected chi connectivity index (χ4v) is 4.89. The fourth-order valence-electron chi connectivity index (χ4n) is 3.83. The molecule has 1 aromatic heterocycles. The average Bonchev–Trinajstić information content (AvgIpc) is 3.03. The van der Waals surface area contributed by atoms with Gasteiger partial charge in [0.1, 0.15) is 10.6 Å². The normalized spacial score (nSPS) is 19.1. The van der Waals surface area contributed by atoms with Crippen molar-refractivity contribution in [3.63, 3.8) is 0 Å². The molecule has 0 saturated heterocycles. The van der Waals surface area contributed by atoms with E-state index in [9.17, 15) is 19.5 Å². The van der Waals surface area contributed by atoms with E-state index in [0.29, 0.717) is 23.4 Å². The molecule has 28 heavy (non-hydrogen) atoms. The number of hydrogen-bond donors (Lipinski definition) is 2. The highest BCUT2D eigenvalue weighted by molar-refractivity contribution is 7.17. The second-order valence-corrected chi connectivity index (χ2v) is 8.14. The van der Waals surface area contributed by atoms with Crippen LogP contribution < -0.4 is 5.32 Å². The van der Waals surface area contributed by atoms with Gasteiger partial charge in [0.2, 0.25) is 5.91 Å². The maximum absolute atomic E-state index is 12.9. The first-order valence-electron chi connectivity index (χ1n) is 9.24. The summed E-state index contributed by atoms with van der Waals surface area (Å²) in [5.74, 6) is -3.11. The minimum Gasteiger partial charge on any atom is -0.481 e. The first-order chi connectivity index (χ1) is 13.4. The maximum Gasteiger partial charge on any atom is 0.341 e. The number of anilines is 1. The van der Waals surface area contributed by atoms with Crippen molar-refractivity contribution in [1.29, 1.82) is 0 Å². The van der Waals surface area contributed by atoms with Gasteiger partial charge in [-0.25, -0.2) is 4.79 Å². The van der Waals surface area contributed by atoms with E-state index in [1.807, 2.05) is 37.3 Å². The van der Waals surface area contributed by atoms with Gasteiger partial charge in [0, 0.05) is 10.4 Å². The maximum atomic E-state index is 12.9. The van der Waals surface area contributed by atoms with Gasteiger partial charge in [0.05, 0.1) is 18.9 Å². The minimum atomic E-state index is -0.944. The summed E-state index contributed by atoms with van der Waals surface area (Å²) in [6, 6.07) is 9.45. The lowest BCUT2D eigenvalue weighted by Gasteiger charge is -2.27. The molecule has 2 aromatic rings. The summed E-state index contributed by atoms with van der Waals surface area (Å²) in [5.41, 5.74) is 1.90. The average molecular weight is 401 g/mol. The van der Waals surface area contributed by atoms with Gasteiger partial charge in [-0.3, -0.25) is 9.59 Å². The standard InChI is InChI=1S/C21H23NO5S/c1-12-16(13-8-4-3-5-9-13)17(21(26)27-2)19(28-12)22-18(23)14-10-6-7-11-15(14)20(24)25/h3-5,8-9,14-15H,6-7,10-11H2,1-2H3,(H,22,23)(H,24,25)/t14-,15+/m0/s1. The van der Waals surface area contributed by atoms with E-state index in [2.05, 4.69) is 5.32 Å². The Hall–Kier alpha value is -2.67. The molecule has 1 amide bonds. The van der Waals surface area contributed by atoms with E-state index in [1.54, 1.807) is 0 Å². The van der Waals surface area contributed by atoms with Crippen molar-refractivity contribution in [2.75, 3.05) is 12.4 Å². The molecule has 1 aliphatic rings. The first kappa shape index (κ1) is 20.1. The molecule has 3 rings (SSSR count). The summed E-state index contributed by atoms with van der Waals surface area (Å²) >= 11 is 1.30. The summed E-state index contributed by atoms with van der Waals surface area (Å²) in [6.45, 7) is 1.88. The molecule has 0 aliphatic heterocycles. The van der Waals surface area contributed by atoms with Crippen LogP contribution in [0.15, 0.2) is 30.3 Å².